The van der Waals surface area contributed by atoms with Crippen molar-refractivity contribution >= 4 is 50.6 Å². The van der Waals surface area contributed by atoms with E-state index in [0.29, 0.717) is 27.1 Å². The van der Waals surface area contributed by atoms with Crippen LogP contribution in [0, 0.1) is 21.8 Å². The van der Waals surface area contributed by atoms with Gasteiger partial charge in [-0.05, 0) is 47.7 Å². The first-order valence-electron chi connectivity index (χ1n) is 6.83. The van der Waals surface area contributed by atoms with Gasteiger partial charge in [-0.2, -0.15) is 10.4 Å². The average molecular weight is 501 g/mol. The van der Waals surface area contributed by atoms with Crippen LogP contribution in [-0.4, -0.2) is 23.4 Å². The molecule has 124 valence electrons. The highest BCUT2D eigenvalue weighted by Gasteiger charge is 2.11. The van der Waals surface area contributed by atoms with Crippen LogP contribution >= 0.6 is 38.5 Å². The van der Waals surface area contributed by atoms with Gasteiger partial charge in [-0.25, -0.2) is 4.98 Å². The fourth-order valence-electron chi connectivity index (χ4n) is 2.06. The van der Waals surface area contributed by atoms with Crippen LogP contribution < -0.4 is 5.43 Å². The topological polar surface area (TPSA) is 90.5 Å². The van der Waals surface area contributed by atoms with Gasteiger partial charge in [0.25, 0.3) is 0 Å². The van der Waals surface area contributed by atoms with Crippen LogP contribution in [0.4, 0.5) is 5.82 Å². The normalized spacial score (nSPS) is 10.8. The van der Waals surface area contributed by atoms with E-state index in [1.54, 1.807) is 25.3 Å². The smallest absolute Gasteiger partial charge is 0.164 e. The molecule has 0 aliphatic rings. The van der Waals surface area contributed by atoms with Gasteiger partial charge in [-0.1, -0.05) is 15.9 Å². The number of phenolic OH excluding ortho intramolecular Hbond substituents is 1. The minimum absolute atomic E-state index is 0.141. The van der Waals surface area contributed by atoms with Crippen molar-refractivity contribution in [3.8, 4) is 11.8 Å². The fraction of sp³-hybridized carbons (Fsp3) is 0.188. The molecular formula is C16H14BrIN4O2. The van der Waals surface area contributed by atoms with Gasteiger partial charge in [0.15, 0.2) is 5.82 Å². The van der Waals surface area contributed by atoms with E-state index in [0.717, 1.165) is 15.7 Å². The molecule has 8 heteroatoms. The number of hydrogen-bond acceptors (Lipinski definition) is 6. The number of halogens is 2. The van der Waals surface area contributed by atoms with Gasteiger partial charge >= 0.3 is 0 Å². The summed E-state index contributed by atoms with van der Waals surface area (Å²) in [6.45, 7) is 2.15. The SMILES string of the molecule is COCc1cc(C)nc(NN=Cc2cc(Br)cc(I)c2O)c1C#N. The molecule has 0 saturated heterocycles. The van der Waals surface area contributed by atoms with E-state index in [1.807, 2.05) is 29.5 Å². The summed E-state index contributed by atoms with van der Waals surface area (Å²) in [4.78, 5) is 4.30. The highest BCUT2D eigenvalue weighted by molar-refractivity contribution is 14.1. The maximum atomic E-state index is 10.0. The van der Waals surface area contributed by atoms with Crippen LogP contribution in [0.3, 0.4) is 0 Å². The zero-order valence-electron chi connectivity index (χ0n) is 13.0. The van der Waals surface area contributed by atoms with Crippen molar-refractivity contribution in [3.05, 3.63) is 48.6 Å². The quantitative estimate of drug-likeness (QED) is 0.369. The molecule has 24 heavy (non-hydrogen) atoms. The molecule has 0 unspecified atom stereocenters. The summed E-state index contributed by atoms with van der Waals surface area (Å²) < 4.78 is 6.65. The molecule has 6 nitrogen and oxygen atoms in total. The van der Waals surface area contributed by atoms with Gasteiger partial charge in [0.1, 0.15) is 17.4 Å². The number of phenols is 1. The standard InChI is InChI=1S/C16H14BrIN4O2/c1-9-3-11(8-24-2)13(6-19)16(21-9)22-20-7-10-4-12(17)5-14(18)15(10)23/h3-5,7,23H,8H2,1-2H3,(H,21,22). The van der Waals surface area contributed by atoms with Crippen LogP contribution in [0.5, 0.6) is 5.75 Å². The Bertz CT molecular complexity index is 834. The molecule has 0 saturated carbocycles. The van der Waals surface area contributed by atoms with Gasteiger partial charge in [0.05, 0.1) is 16.4 Å². The molecule has 0 aliphatic heterocycles. The molecule has 2 rings (SSSR count). The number of aryl methyl sites for hydroxylation is 1. The number of nitrogens with zero attached hydrogens (tertiary/aromatic N) is 3. The minimum Gasteiger partial charge on any atom is -0.506 e. The number of pyridine rings is 1. The van der Waals surface area contributed by atoms with E-state index in [9.17, 15) is 10.4 Å². The number of methoxy groups -OCH3 is 1. The lowest BCUT2D eigenvalue weighted by Crippen LogP contribution is -2.03. The molecule has 1 aromatic heterocycles. The monoisotopic (exact) mass is 500 g/mol. The van der Waals surface area contributed by atoms with Crippen LogP contribution in [0.2, 0.25) is 0 Å². The number of aromatic nitrogens is 1. The van der Waals surface area contributed by atoms with Crippen LogP contribution in [0.1, 0.15) is 22.4 Å². The molecule has 0 radical (unpaired) electrons. The van der Waals surface area contributed by atoms with Gasteiger partial charge in [-0.3, -0.25) is 5.43 Å². The van der Waals surface area contributed by atoms with E-state index in [1.165, 1.54) is 6.21 Å². The highest BCUT2D eigenvalue weighted by atomic mass is 127. The van der Waals surface area contributed by atoms with Crippen LogP contribution in [-0.2, 0) is 11.3 Å². The summed E-state index contributed by atoms with van der Waals surface area (Å²) >= 11 is 5.41. The van der Waals surface area contributed by atoms with Gasteiger partial charge < -0.3 is 9.84 Å². The van der Waals surface area contributed by atoms with E-state index in [4.69, 9.17) is 4.74 Å². The van der Waals surface area contributed by atoms with Crippen molar-refractivity contribution in [1.29, 1.82) is 5.26 Å². The molecule has 0 bridgehead atoms. The molecule has 0 aliphatic carbocycles. The van der Waals surface area contributed by atoms with Crippen molar-refractivity contribution in [3.63, 3.8) is 0 Å². The summed E-state index contributed by atoms with van der Waals surface area (Å²) in [6.07, 6.45) is 1.48. The molecule has 1 heterocycles. The van der Waals surface area contributed by atoms with E-state index in [-0.39, 0.29) is 5.75 Å². The predicted octanol–water partition coefficient (Wildman–Crippen LogP) is 3.93. The van der Waals surface area contributed by atoms with Crippen molar-refractivity contribution in [2.45, 2.75) is 13.5 Å². The van der Waals surface area contributed by atoms with E-state index < -0.39 is 0 Å². The number of hydrazone groups is 1. The Morgan fingerprint density at radius 3 is 2.92 bits per heavy atom. The lowest BCUT2D eigenvalue weighted by Gasteiger charge is -2.09. The molecule has 0 spiro atoms. The van der Waals surface area contributed by atoms with E-state index in [2.05, 4.69) is 37.5 Å². The second-order valence-corrected chi connectivity index (χ2v) is 6.96. The van der Waals surface area contributed by atoms with Crippen LogP contribution in [0.25, 0.3) is 0 Å². The molecule has 0 fully saturated rings. The summed E-state index contributed by atoms with van der Waals surface area (Å²) in [5, 5.41) is 23.5. The molecule has 0 amide bonds. The molecule has 0 atom stereocenters. The Morgan fingerprint density at radius 1 is 1.50 bits per heavy atom. The lowest BCUT2D eigenvalue weighted by atomic mass is 10.1. The highest BCUT2D eigenvalue weighted by Crippen LogP contribution is 2.27. The Hall–Kier alpha value is -1.70. The van der Waals surface area contributed by atoms with Crippen LogP contribution in [0.15, 0.2) is 27.8 Å². The molecular weight excluding hydrogens is 487 g/mol. The van der Waals surface area contributed by atoms with Crippen molar-refractivity contribution in [2.75, 3.05) is 12.5 Å². The number of benzene rings is 1. The number of rotatable bonds is 5. The maximum Gasteiger partial charge on any atom is 0.164 e. The summed E-state index contributed by atoms with van der Waals surface area (Å²) in [5.74, 6) is 0.493. The zero-order valence-corrected chi connectivity index (χ0v) is 16.7. The number of hydrogen-bond donors (Lipinski definition) is 2. The lowest BCUT2D eigenvalue weighted by molar-refractivity contribution is 0.184. The summed E-state index contributed by atoms with van der Waals surface area (Å²) in [7, 11) is 1.57. The van der Waals surface area contributed by atoms with Crippen molar-refractivity contribution in [1.82, 2.24) is 4.98 Å². The maximum absolute atomic E-state index is 10.0. The Morgan fingerprint density at radius 2 is 2.25 bits per heavy atom. The van der Waals surface area contributed by atoms with E-state index >= 15 is 0 Å². The minimum atomic E-state index is 0.141. The second-order valence-electron chi connectivity index (χ2n) is 4.89. The third-order valence-corrected chi connectivity index (χ3v) is 4.35. The Kier molecular flexibility index (Phi) is 6.53. The Balaban J connectivity index is 2.31. The first-order chi connectivity index (χ1) is 11.5. The van der Waals surface area contributed by atoms with Gasteiger partial charge in [0, 0.05) is 28.4 Å². The first kappa shape index (κ1) is 18.6. The third kappa shape index (κ3) is 4.43. The predicted molar refractivity (Wildman–Crippen MR) is 104 cm³/mol. The molecule has 1 aromatic carbocycles. The van der Waals surface area contributed by atoms with Crippen molar-refractivity contribution < 1.29 is 9.84 Å². The first-order valence-corrected chi connectivity index (χ1v) is 8.70. The number of nitrogens with one attached hydrogen (secondary N) is 1. The van der Waals surface area contributed by atoms with Gasteiger partial charge in [0.2, 0.25) is 0 Å². The zero-order chi connectivity index (χ0) is 17.7. The number of ether oxygens (including phenoxy) is 1. The third-order valence-electron chi connectivity index (χ3n) is 3.07. The second kappa shape index (κ2) is 8.41. The number of nitriles is 1. The summed E-state index contributed by atoms with van der Waals surface area (Å²) in [5.41, 5.74) is 5.19. The number of anilines is 1. The summed E-state index contributed by atoms with van der Waals surface area (Å²) in [6, 6.07) is 7.47. The average Bonchev–Trinajstić information content (AvgIpc) is 2.52. The molecule has 2 aromatic rings. The number of aromatic hydroxyl groups is 1. The van der Waals surface area contributed by atoms with Crippen molar-refractivity contribution in [2.24, 2.45) is 5.10 Å². The largest absolute Gasteiger partial charge is 0.506 e. The fourth-order valence-corrected chi connectivity index (χ4v) is 3.61. The Labute approximate surface area is 161 Å². The molecule has 2 N–H and O–H groups in total. The van der Waals surface area contributed by atoms with Gasteiger partial charge in [-0.15, -0.1) is 0 Å².